The zero-order valence-electron chi connectivity index (χ0n) is 14.5. The zero-order chi connectivity index (χ0) is 18.5. The van der Waals surface area contributed by atoms with Crippen molar-refractivity contribution in [3.05, 3.63) is 59.8 Å². The van der Waals surface area contributed by atoms with Gasteiger partial charge in [-0.25, -0.2) is 0 Å². The van der Waals surface area contributed by atoms with Gasteiger partial charge >= 0.3 is 0 Å². The molecule has 0 heterocycles. The van der Waals surface area contributed by atoms with Crippen LogP contribution >= 0.6 is 12.2 Å². The van der Waals surface area contributed by atoms with Gasteiger partial charge in [0.1, 0.15) is 5.60 Å². The number of hydrogen-bond acceptors (Lipinski definition) is 4. The monoisotopic (exact) mass is 359 g/mol. The Morgan fingerprint density at radius 3 is 2.12 bits per heavy atom. The average molecular weight is 359 g/mol. The summed E-state index contributed by atoms with van der Waals surface area (Å²) in [5.74, 6) is 0.0532. The van der Waals surface area contributed by atoms with Gasteiger partial charge in [0.25, 0.3) is 5.17 Å². The highest BCUT2D eigenvalue weighted by atomic mass is 32.1. The van der Waals surface area contributed by atoms with Gasteiger partial charge in [0.2, 0.25) is 0 Å². The van der Waals surface area contributed by atoms with Gasteiger partial charge in [0.05, 0.1) is 12.1 Å². The number of thiocarbonyl (C=S) groups is 1. The highest BCUT2D eigenvalue weighted by molar-refractivity contribution is 7.80. The lowest BCUT2D eigenvalue weighted by Gasteiger charge is -2.24. The molecule has 0 radical (unpaired) electrons. The average Bonchev–Trinajstić information content (AvgIpc) is 2.76. The van der Waals surface area contributed by atoms with Crippen LogP contribution in [-0.4, -0.2) is 35.4 Å². The summed E-state index contributed by atoms with van der Waals surface area (Å²) in [5.41, 5.74) is 17.7. The van der Waals surface area contributed by atoms with Crippen LogP contribution in [0, 0.1) is 0 Å². The molecular formula is C18H25N5OS. The molecule has 0 unspecified atom stereocenters. The van der Waals surface area contributed by atoms with E-state index in [1.54, 1.807) is 0 Å². The Morgan fingerprint density at radius 2 is 1.60 bits per heavy atom. The molecule has 0 fully saturated rings. The first-order chi connectivity index (χ1) is 11.7. The van der Waals surface area contributed by atoms with E-state index in [1.807, 2.05) is 62.5 Å². The number of ether oxygens (including phenoxy) is 1. The summed E-state index contributed by atoms with van der Waals surface area (Å²) in [7, 11) is 0. The van der Waals surface area contributed by atoms with Gasteiger partial charge in [-0.1, -0.05) is 36.5 Å². The number of nitrogens with zero attached hydrogens (tertiary/aromatic N) is 1. The lowest BCUT2D eigenvalue weighted by atomic mass is 10.0. The Bertz CT molecular complexity index is 673. The summed E-state index contributed by atoms with van der Waals surface area (Å²) in [4.78, 5) is 3.88. The number of nitrogens with two attached hydrogens (primary N) is 3. The third kappa shape index (κ3) is 5.88. The van der Waals surface area contributed by atoms with Gasteiger partial charge in [-0.15, -0.1) is 0 Å². The maximum Gasteiger partial charge on any atom is 0.257 e. The Morgan fingerprint density at radius 1 is 1.08 bits per heavy atom. The van der Waals surface area contributed by atoms with E-state index in [4.69, 9.17) is 34.2 Å². The standard InChI is InChI=1S/C18H25N5OS/c1-17(21)7-3-13-5-9-18(2,10-6-14(13)4-8-17)24-16(25)23-12-11-22-15(19)20/h3-10H,11-12,21H2,1-2H3,(H,23,25)(H4,19,20,22). The van der Waals surface area contributed by atoms with E-state index in [1.165, 1.54) is 0 Å². The highest BCUT2D eigenvalue weighted by Crippen LogP contribution is 2.26. The van der Waals surface area contributed by atoms with Crippen LogP contribution in [0.2, 0.25) is 0 Å². The van der Waals surface area contributed by atoms with Crippen LogP contribution in [0.5, 0.6) is 0 Å². The Kier molecular flexibility index (Phi) is 5.81. The fourth-order valence-electron chi connectivity index (χ4n) is 2.30. The Labute approximate surface area is 153 Å². The molecule has 2 aliphatic carbocycles. The smallest absolute Gasteiger partial charge is 0.257 e. The Hall–Kier alpha value is -2.38. The molecule has 0 atom stereocenters. The van der Waals surface area contributed by atoms with Crippen molar-refractivity contribution < 1.29 is 4.74 Å². The van der Waals surface area contributed by atoms with E-state index >= 15 is 0 Å². The van der Waals surface area contributed by atoms with Crippen molar-refractivity contribution in [1.29, 1.82) is 0 Å². The van der Waals surface area contributed by atoms with E-state index in [0.29, 0.717) is 18.3 Å². The second kappa shape index (κ2) is 7.67. The predicted molar refractivity (Wildman–Crippen MR) is 107 cm³/mol. The van der Waals surface area contributed by atoms with Gasteiger partial charge in [-0.05, 0) is 49.4 Å². The molecule has 0 spiro atoms. The largest absolute Gasteiger partial charge is 0.456 e. The molecule has 2 rings (SSSR count). The fourth-order valence-corrected chi connectivity index (χ4v) is 2.58. The molecule has 0 amide bonds. The number of guanidine groups is 1. The van der Waals surface area contributed by atoms with E-state index in [-0.39, 0.29) is 5.96 Å². The molecule has 0 aromatic carbocycles. The van der Waals surface area contributed by atoms with E-state index in [0.717, 1.165) is 11.1 Å². The van der Waals surface area contributed by atoms with Crippen molar-refractivity contribution in [1.82, 2.24) is 5.32 Å². The summed E-state index contributed by atoms with van der Waals surface area (Å²) in [6, 6.07) is 0. The van der Waals surface area contributed by atoms with Gasteiger partial charge < -0.3 is 27.3 Å². The minimum absolute atomic E-state index is 0.0532. The predicted octanol–water partition coefficient (Wildman–Crippen LogP) is 1.18. The molecule has 2 aliphatic rings. The molecule has 0 aromatic heterocycles. The minimum atomic E-state index is -0.653. The molecule has 0 aromatic rings. The number of rotatable bonds is 4. The Balaban J connectivity index is 2.01. The summed E-state index contributed by atoms with van der Waals surface area (Å²) < 4.78 is 5.88. The van der Waals surface area contributed by atoms with Gasteiger partial charge in [-0.2, -0.15) is 0 Å². The third-order valence-corrected chi connectivity index (χ3v) is 3.98. The van der Waals surface area contributed by atoms with Crippen LogP contribution in [0.1, 0.15) is 13.8 Å². The second-order valence-electron chi connectivity index (χ2n) is 6.42. The van der Waals surface area contributed by atoms with Gasteiger partial charge in [0, 0.05) is 6.54 Å². The van der Waals surface area contributed by atoms with Crippen molar-refractivity contribution in [3.8, 4) is 0 Å². The molecule has 0 saturated carbocycles. The first-order valence-electron chi connectivity index (χ1n) is 8.01. The maximum absolute atomic E-state index is 6.14. The quantitative estimate of drug-likeness (QED) is 0.259. The third-order valence-electron chi connectivity index (χ3n) is 3.75. The van der Waals surface area contributed by atoms with Crippen molar-refractivity contribution in [2.75, 3.05) is 13.1 Å². The molecular weight excluding hydrogens is 334 g/mol. The minimum Gasteiger partial charge on any atom is -0.456 e. The van der Waals surface area contributed by atoms with Crippen molar-refractivity contribution in [2.45, 2.75) is 25.0 Å². The SMILES string of the molecule is CC1(N)C=CC2=C(C=C1)C=CC(C)(OC(=S)NCCN=C(N)N)C=C2. The molecule has 134 valence electrons. The number of nitrogens with one attached hydrogen (secondary N) is 1. The lowest BCUT2D eigenvalue weighted by molar-refractivity contribution is 0.175. The van der Waals surface area contributed by atoms with Gasteiger partial charge in [-0.3, -0.25) is 4.99 Å². The number of allylic oxidation sites excluding steroid dienone is 6. The molecule has 0 saturated heterocycles. The first-order valence-corrected chi connectivity index (χ1v) is 8.42. The molecule has 0 aliphatic heterocycles. The number of aliphatic imine (C=N–C) groups is 1. The summed E-state index contributed by atoms with van der Waals surface area (Å²) in [6.45, 7) is 4.82. The molecule has 7 heteroatoms. The van der Waals surface area contributed by atoms with E-state index in [9.17, 15) is 0 Å². The van der Waals surface area contributed by atoms with Crippen LogP contribution < -0.4 is 22.5 Å². The van der Waals surface area contributed by atoms with Crippen LogP contribution in [0.4, 0.5) is 0 Å². The van der Waals surface area contributed by atoms with Gasteiger partial charge in [0.15, 0.2) is 5.96 Å². The van der Waals surface area contributed by atoms with Crippen molar-refractivity contribution in [2.24, 2.45) is 22.2 Å². The maximum atomic E-state index is 6.14. The van der Waals surface area contributed by atoms with Crippen LogP contribution in [0.25, 0.3) is 0 Å². The summed E-state index contributed by atoms with van der Waals surface area (Å²) >= 11 is 5.24. The topological polar surface area (TPSA) is 112 Å². The molecule has 25 heavy (non-hydrogen) atoms. The lowest BCUT2D eigenvalue weighted by Crippen LogP contribution is -2.35. The fraction of sp³-hybridized carbons (Fsp3) is 0.333. The number of hydrogen-bond donors (Lipinski definition) is 4. The molecule has 7 N–H and O–H groups in total. The highest BCUT2D eigenvalue weighted by Gasteiger charge is 2.23. The van der Waals surface area contributed by atoms with Crippen LogP contribution in [0.3, 0.4) is 0 Å². The van der Waals surface area contributed by atoms with Crippen molar-refractivity contribution >= 4 is 23.4 Å². The second-order valence-corrected chi connectivity index (χ2v) is 6.79. The van der Waals surface area contributed by atoms with E-state index in [2.05, 4.69) is 10.3 Å². The normalized spacial score (nSPS) is 19.6. The van der Waals surface area contributed by atoms with E-state index < -0.39 is 11.1 Å². The van der Waals surface area contributed by atoms with Crippen LogP contribution in [0.15, 0.2) is 64.7 Å². The summed E-state index contributed by atoms with van der Waals surface area (Å²) in [5, 5.41) is 3.27. The van der Waals surface area contributed by atoms with Crippen molar-refractivity contribution in [3.63, 3.8) is 0 Å². The summed E-state index contributed by atoms with van der Waals surface area (Å²) in [6.07, 6.45) is 16.0. The first kappa shape index (κ1) is 19.0. The van der Waals surface area contributed by atoms with Crippen LogP contribution in [-0.2, 0) is 4.74 Å². The molecule has 0 bridgehead atoms. The zero-order valence-corrected chi connectivity index (χ0v) is 15.3. The molecule has 6 nitrogen and oxygen atoms in total.